The highest BCUT2D eigenvalue weighted by molar-refractivity contribution is 8.01. The molecule has 1 N–H and O–H groups in total. The summed E-state index contributed by atoms with van der Waals surface area (Å²) < 4.78 is 0.758. The molecule has 1 aromatic carbocycles. The van der Waals surface area contributed by atoms with Crippen molar-refractivity contribution in [3.8, 4) is 0 Å². The van der Waals surface area contributed by atoms with Gasteiger partial charge in [0.25, 0.3) is 11.6 Å². The van der Waals surface area contributed by atoms with Gasteiger partial charge in [-0.3, -0.25) is 20.2 Å². The number of para-hydroxylation sites is 1. The van der Waals surface area contributed by atoms with E-state index in [4.69, 9.17) is 0 Å². The van der Waals surface area contributed by atoms with Crippen molar-refractivity contribution < 1.29 is 9.72 Å². The predicted molar refractivity (Wildman–Crippen MR) is 91.3 cm³/mol. The smallest absolute Gasteiger partial charge is 0.285 e. The Balaban J connectivity index is 2.17. The highest BCUT2D eigenvalue weighted by Gasteiger charge is 2.23. The highest BCUT2D eigenvalue weighted by Crippen LogP contribution is 2.30. The lowest BCUT2D eigenvalue weighted by atomic mass is 10.1. The summed E-state index contributed by atoms with van der Waals surface area (Å²) in [6, 6.07) is 4.64. The van der Waals surface area contributed by atoms with Crippen LogP contribution in [0.1, 0.15) is 36.2 Å². The van der Waals surface area contributed by atoms with E-state index in [1.165, 1.54) is 17.4 Å². The van der Waals surface area contributed by atoms with Crippen LogP contribution in [0, 0.1) is 17.0 Å². The quantitative estimate of drug-likeness (QED) is 0.366. The van der Waals surface area contributed by atoms with Crippen LogP contribution in [0.2, 0.25) is 0 Å². The summed E-state index contributed by atoms with van der Waals surface area (Å²) in [5.41, 5.74) is 0.262. The van der Waals surface area contributed by atoms with E-state index in [0.717, 1.165) is 10.8 Å². The molecule has 0 aliphatic carbocycles. The third-order valence-electron chi connectivity index (χ3n) is 3.17. The number of rotatable bonds is 6. The number of thioether (sulfide) groups is 1. The lowest BCUT2D eigenvalue weighted by Gasteiger charge is -2.04. The molecule has 122 valence electrons. The Morgan fingerprint density at radius 1 is 1.48 bits per heavy atom. The standard InChI is InChI=1S/C14H16N4O3S2/c1-4-9(3)22-14-17-16-13(23-14)15-12(19)10-7-5-6-8(2)11(10)18(20)21/h5-7,9H,4H2,1-3H3,(H,15,16,19). The van der Waals surface area contributed by atoms with Gasteiger partial charge in [0.1, 0.15) is 5.56 Å². The van der Waals surface area contributed by atoms with E-state index >= 15 is 0 Å². The maximum absolute atomic E-state index is 12.3. The number of hydrogen-bond donors (Lipinski definition) is 1. The van der Waals surface area contributed by atoms with Crippen molar-refractivity contribution in [1.29, 1.82) is 0 Å². The van der Waals surface area contributed by atoms with Crippen LogP contribution in [0.3, 0.4) is 0 Å². The molecule has 2 aromatic rings. The lowest BCUT2D eigenvalue weighted by molar-refractivity contribution is -0.385. The number of carbonyl (C=O) groups excluding carboxylic acids is 1. The minimum absolute atomic E-state index is 0.0151. The van der Waals surface area contributed by atoms with Gasteiger partial charge in [0.05, 0.1) is 4.92 Å². The maximum atomic E-state index is 12.3. The largest absolute Gasteiger partial charge is 0.296 e. The number of nitrogens with one attached hydrogen (secondary N) is 1. The maximum Gasteiger partial charge on any atom is 0.285 e. The molecule has 9 heteroatoms. The third-order valence-corrected chi connectivity index (χ3v) is 5.36. The Labute approximate surface area is 141 Å². The molecular formula is C14H16N4O3S2. The Kier molecular flexibility index (Phi) is 5.67. The van der Waals surface area contributed by atoms with Crippen molar-refractivity contribution >= 4 is 39.8 Å². The van der Waals surface area contributed by atoms with Gasteiger partial charge in [0.15, 0.2) is 4.34 Å². The van der Waals surface area contributed by atoms with Crippen molar-refractivity contribution in [2.75, 3.05) is 5.32 Å². The first-order valence-electron chi connectivity index (χ1n) is 6.97. The fourth-order valence-corrected chi connectivity index (χ4v) is 3.81. The minimum Gasteiger partial charge on any atom is -0.296 e. The molecule has 1 aromatic heterocycles. The molecule has 0 spiro atoms. The monoisotopic (exact) mass is 352 g/mol. The summed E-state index contributed by atoms with van der Waals surface area (Å²) in [5.74, 6) is -0.559. The van der Waals surface area contributed by atoms with Gasteiger partial charge in [0, 0.05) is 10.8 Å². The number of amides is 1. The van der Waals surface area contributed by atoms with E-state index in [-0.39, 0.29) is 11.3 Å². The van der Waals surface area contributed by atoms with E-state index in [9.17, 15) is 14.9 Å². The molecule has 7 nitrogen and oxygen atoms in total. The van der Waals surface area contributed by atoms with E-state index in [2.05, 4.69) is 29.4 Å². The molecule has 0 saturated heterocycles. The Morgan fingerprint density at radius 3 is 2.87 bits per heavy atom. The van der Waals surface area contributed by atoms with Crippen molar-refractivity contribution in [3.63, 3.8) is 0 Å². The number of hydrogen-bond acceptors (Lipinski definition) is 7. The van der Waals surface area contributed by atoms with Crippen LogP contribution in [0.5, 0.6) is 0 Å². The summed E-state index contributed by atoms with van der Waals surface area (Å²) in [7, 11) is 0. The summed E-state index contributed by atoms with van der Waals surface area (Å²) in [6.07, 6.45) is 1.00. The zero-order valence-electron chi connectivity index (χ0n) is 12.9. The van der Waals surface area contributed by atoms with Crippen LogP contribution in [0.25, 0.3) is 0 Å². The van der Waals surface area contributed by atoms with Crippen molar-refractivity contribution in [1.82, 2.24) is 10.2 Å². The number of aryl methyl sites for hydroxylation is 1. The molecule has 23 heavy (non-hydrogen) atoms. The molecule has 0 fully saturated rings. The summed E-state index contributed by atoms with van der Waals surface area (Å²) >= 11 is 2.84. The summed E-state index contributed by atoms with van der Waals surface area (Å²) in [5, 5.41) is 22.4. The van der Waals surface area contributed by atoms with Crippen LogP contribution in [0.15, 0.2) is 22.5 Å². The second-order valence-electron chi connectivity index (χ2n) is 4.89. The summed E-state index contributed by atoms with van der Waals surface area (Å²) in [6.45, 7) is 5.76. The Bertz CT molecular complexity index is 733. The average molecular weight is 352 g/mol. The predicted octanol–water partition coefficient (Wildman–Crippen LogP) is 3.90. The number of nitro groups is 1. The van der Waals surface area contributed by atoms with Gasteiger partial charge in [-0.15, -0.1) is 10.2 Å². The molecule has 0 bridgehead atoms. The zero-order chi connectivity index (χ0) is 17.0. The number of nitrogens with zero attached hydrogens (tertiary/aromatic N) is 3. The van der Waals surface area contributed by atoms with Gasteiger partial charge in [-0.25, -0.2) is 0 Å². The molecule has 0 radical (unpaired) electrons. The van der Waals surface area contributed by atoms with E-state index in [1.807, 2.05) is 0 Å². The average Bonchev–Trinajstić information content (AvgIpc) is 2.93. The number of aromatic nitrogens is 2. The van der Waals surface area contributed by atoms with Gasteiger partial charge in [-0.1, -0.05) is 49.1 Å². The van der Waals surface area contributed by atoms with E-state index in [0.29, 0.717) is 15.9 Å². The topological polar surface area (TPSA) is 98.0 Å². The molecule has 1 atom stereocenters. The number of carbonyl (C=O) groups is 1. The number of benzene rings is 1. The first-order chi connectivity index (χ1) is 10.9. The van der Waals surface area contributed by atoms with Gasteiger partial charge < -0.3 is 0 Å². The molecule has 1 unspecified atom stereocenters. The van der Waals surface area contributed by atoms with Crippen LogP contribution in [-0.4, -0.2) is 26.3 Å². The lowest BCUT2D eigenvalue weighted by Crippen LogP contribution is -2.14. The first-order valence-corrected chi connectivity index (χ1v) is 8.67. The fourth-order valence-electron chi connectivity index (χ4n) is 1.81. The van der Waals surface area contributed by atoms with Crippen molar-refractivity contribution in [2.45, 2.75) is 36.8 Å². The fraction of sp³-hybridized carbons (Fsp3) is 0.357. The normalized spacial score (nSPS) is 12.0. The molecular weight excluding hydrogens is 336 g/mol. The molecule has 1 heterocycles. The van der Waals surface area contributed by atoms with Crippen LogP contribution < -0.4 is 5.32 Å². The van der Waals surface area contributed by atoms with Crippen LogP contribution in [0.4, 0.5) is 10.8 Å². The highest BCUT2D eigenvalue weighted by atomic mass is 32.2. The van der Waals surface area contributed by atoms with Crippen LogP contribution in [-0.2, 0) is 0 Å². The Morgan fingerprint density at radius 2 is 2.22 bits per heavy atom. The van der Waals surface area contributed by atoms with Crippen LogP contribution >= 0.6 is 23.1 Å². The number of anilines is 1. The van der Waals surface area contributed by atoms with Gasteiger partial charge in [-0.05, 0) is 19.4 Å². The van der Waals surface area contributed by atoms with Gasteiger partial charge in [-0.2, -0.15) is 0 Å². The zero-order valence-corrected chi connectivity index (χ0v) is 14.5. The first kappa shape index (κ1) is 17.4. The molecule has 0 saturated carbocycles. The second-order valence-corrected chi connectivity index (χ2v) is 7.56. The van der Waals surface area contributed by atoms with Crippen molar-refractivity contribution in [2.24, 2.45) is 0 Å². The molecule has 0 aliphatic heterocycles. The van der Waals surface area contributed by atoms with E-state index < -0.39 is 10.8 Å². The molecule has 0 aliphatic rings. The van der Waals surface area contributed by atoms with Gasteiger partial charge in [0.2, 0.25) is 5.13 Å². The second kappa shape index (κ2) is 7.51. The minimum atomic E-state index is -0.559. The molecule has 1 amide bonds. The summed E-state index contributed by atoms with van der Waals surface area (Å²) in [4.78, 5) is 22.9. The van der Waals surface area contributed by atoms with Crippen molar-refractivity contribution in [3.05, 3.63) is 39.4 Å². The third kappa shape index (κ3) is 4.26. The molecule has 2 rings (SSSR count). The van der Waals surface area contributed by atoms with E-state index in [1.54, 1.807) is 30.8 Å². The number of nitro benzene ring substituents is 1. The van der Waals surface area contributed by atoms with Gasteiger partial charge >= 0.3 is 0 Å². The SMILES string of the molecule is CCC(C)Sc1nnc(NC(=O)c2cccc(C)c2[N+](=O)[O-])s1. The Hall–Kier alpha value is -2.00.